The van der Waals surface area contributed by atoms with Crippen LogP contribution in [0.1, 0.15) is 10.4 Å². The minimum absolute atomic E-state index is 0.178. The molecular weight excluding hydrogens is 404 g/mol. The average Bonchev–Trinajstić information content (AvgIpc) is 3.02. The molecule has 0 bridgehead atoms. The van der Waals surface area contributed by atoms with Crippen LogP contribution in [0.4, 0.5) is 10.7 Å². The molecule has 1 aromatic heterocycles. The Balaban J connectivity index is 1.74. The number of thiophene rings is 1. The van der Waals surface area contributed by atoms with Gasteiger partial charge in [-0.15, -0.1) is 11.3 Å². The van der Waals surface area contributed by atoms with Crippen LogP contribution in [0.2, 0.25) is 0 Å². The van der Waals surface area contributed by atoms with Crippen LogP contribution in [0.3, 0.4) is 0 Å². The third-order valence-corrected chi connectivity index (χ3v) is 6.53. The zero-order chi connectivity index (χ0) is 20.6. The predicted molar refractivity (Wildman–Crippen MR) is 116 cm³/mol. The quantitative estimate of drug-likeness (QED) is 0.411. The Morgan fingerprint density at radius 1 is 1.00 bits per heavy atom. The number of rotatable bonds is 4. The van der Waals surface area contributed by atoms with Gasteiger partial charge in [-0.3, -0.25) is 4.55 Å². The number of benzene rings is 3. The standard InChI is InChI=1S/C22H16N2O3S2/c1-14-21(17-7-6-15-4-2-3-5-16(15)12-17)20(13-23)22(28-14)24-18-8-10-19(11-9-18)29(25,26)27/h2-12,24H,1H3,(H,25,26,27). The van der Waals surface area contributed by atoms with Gasteiger partial charge in [0.15, 0.2) is 0 Å². The van der Waals surface area contributed by atoms with E-state index in [1.54, 1.807) is 12.1 Å². The average molecular weight is 421 g/mol. The first-order valence-electron chi connectivity index (χ1n) is 8.74. The molecule has 29 heavy (non-hydrogen) atoms. The van der Waals surface area contributed by atoms with Crippen molar-refractivity contribution in [3.8, 4) is 17.2 Å². The van der Waals surface area contributed by atoms with E-state index in [9.17, 15) is 13.7 Å². The van der Waals surface area contributed by atoms with E-state index in [0.717, 1.165) is 26.8 Å². The first-order chi connectivity index (χ1) is 13.9. The van der Waals surface area contributed by atoms with E-state index in [0.29, 0.717) is 16.3 Å². The first-order valence-corrected chi connectivity index (χ1v) is 11.0. The summed E-state index contributed by atoms with van der Waals surface area (Å²) >= 11 is 1.47. The number of nitrogens with one attached hydrogen (secondary N) is 1. The molecule has 1 heterocycles. The Morgan fingerprint density at radius 3 is 2.34 bits per heavy atom. The summed E-state index contributed by atoms with van der Waals surface area (Å²) in [5.74, 6) is 0. The predicted octanol–water partition coefficient (Wildman–Crippen LogP) is 5.74. The Bertz CT molecular complexity index is 1370. The number of hydrogen-bond acceptors (Lipinski definition) is 5. The zero-order valence-corrected chi connectivity index (χ0v) is 17.0. The summed E-state index contributed by atoms with van der Waals surface area (Å²) in [6, 6.07) is 22.2. The van der Waals surface area contributed by atoms with Crippen molar-refractivity contribution in [3.05, 3.63) is 77.2 Å². The van der Waals surface area contributed by atoms with Gasteiger partial charge in [-0.1, -0.05) is 36.4 Å². The maximum absolute atomic E-state index is 11.2. The van der Waals surface area contributed by atoms with Crippen molar-refractivity contribution >= 4 is 42.9 Å². The molecule has 7 heteroatoms. The fourth-order valence-corrected chi connectivity index (χ4v) is 4.80. The molecule has 0 atom stereocenters. The molecule has 0 saturated heterocycles. The summed E-state index contributed by atoms with van der Waals surface area (Å²) in [6.45, 7) is 1.97. The molecule has 4 aromatic rings. The van der Waals surface area contributed by atoms with Crippen molar-refractivity contribution in [1.29, 1.82) is 5.26 Å². The number of anilines is 2. The number of nitriles is 1. The summed E-state index contributed by atoms with van der Waals surface area (Å²) in [5, 5.41) is 15.9. The Morgan fingerprint density at radius 2 is 1.69 bits per heavy atom. The molecule has 0 spiro atoms. The van der Waals surface area contributed by atoms with Gasteiger partial charge in [-0.2, -0.15) is 13.7 Å². The molecule has 0 radical (unpaired) electrons. The lowest BCUT2D eigenvalue weighted by Gasteiger charge is -2.07. The van der Waals surface area contributed by atoms with Crippen molar-refractivity contribution in [3.63, 3.8) is 0 Å². The molecule has 0 unspecified atom stereocenters. The van der Waals surface area contributed by atoms with Gasteiger partial charge < -0.3 is 5.32 Å². The Labute approximate surface area is 172 Å². The monoisotopic (exact) mass is 420 g/mol. The molecule has 4 rings (SSSR count). The van der Waals surface area contributed by atoms with Crippen LogP contribution in [-0.4, -0.2) is 13.0 Å². The molecule has 0 aliphatic heterocycles. The molecule has 0 aliphatic carbocycles. The molecule has 0 fully saturated rings. The fraction of sp³-hybridized carbons (Fsp3) is 0.0455. The third kappa shape index (κ3) is 3.74. The minimum Gasteiger partial charge on any atom is -0.346 e. The molecule has 2 N–H and O–H groups in total. The largest absolute Gasteiger partial charge is 0.346 e. The van der Waals surface area contributed by atoms with Gasteiger partial charge >= 0.3 is 0 Å². The van der Waals surface area contributed by atoms with Crippen LogP contribution in [0.5, 0.6) is 0 Å². The van der Waals surface area contributed by atoms with Crippen molar-refractivity contribution < 1.29 is 13.0 Å². The lowest BCUT2D eigenvalue weighted by atomic mass is 9.99. The second-order valence-electron chi connectivity index (χ2n) is 6.54. The highest BCUT2D eigenvalue weighted by atomic mass is 32.2. The Hall–Kier alpha value is -3.18. The maximum Gasteiger partial charge on any atom is 0.294 e. The molecular formula is C22H16N2O3S2. The first kappa shape index (κ1) is 19.2. The van der Waals surface area contributed by atoms with E-state index in [-0.39, 0.29) is 4.90 Å². The number of hydrogen-bond donors (Lipinski definition) is 2. The van der Waals surface area contributed by atoms with E-state index in [1.165, 1.54) is 23.5 Å². The summed E-state index contributed by atoms with van der Waals surface area (Å²) in [5.41, 5.74) is 3.03. The molecule has 144 valence electrons. The smallest absolute Gasteiger partial charge is 0.294 e. The van der Waals surface area contributed by atoms with Crippen LogP contribution in [0.15, 0.2) is 71.6 Å². The number of aryl methyl sites for hydroxylation is 1. The summed E-state index contributed by atoms with van der Waals surface area (Å²) in [6.07, 6.45) is 0. The fourth-order valence-electron chi connectivity index (χ4n) is 3.27. The van der Waals surface area contributed by atoms with Crippen molar-refractivity contribution in [2.75, 3.05) is 5.32 Å². The van der Waals surface area contributed by atoms with Crippen molar-refractivity contribution in [2.45, 2.75) is 11.8 Å². The summed E-state index contributed by atoms with van der Waals surface area (Å²) < 4.78 is 31.5. The van der Waals surface area contributed by atoms with Gasteiger partial charge in [0.05, 0.1) is 10.5 Å². The van der Waals surface area contributed by atoms with Gasteiger partial charge in [0.1, 0.15) is 11.1 Å². The highest BCUT2D eigenvalue weighted by molar-refractivity contribution is 7.85. The van der Waals surface area contributed by atoms with Gasteiger partial charge in [0, 0.05) is 16.1 Å². The van der Waals surface area contributed by atoms with Crippen LogP contribution < -0.4 is 5.32 Å². The topological polar surface area (TPSA) is 90.2 Å². The van der Waals surface area contributed by atoms with Crippen LogP contribution in [-0.2, 0) is 10.1 Å². The van der Waals surface area contributed by atoms with Gasteiger partial charge in [0.25, 0.3) is 10.1 Å². The SMILES string of the molecule is Cc1sc(Nc2ccc(S(=O)(=O)O)cc2)c(C#N)c1-c1ccc2ccccc2c1. The molecule has 0 saturated carbocycles. The maximum atomic E-state index is 11.2. The zero-order valence-electron chi connectivity index (χ0n) is 15.4. The van der Waals surface area contributed by atoms with Crippen molar-refractivity contribution in [2.24, 2.45) is 0 Å². The second-order valence-corrected chi connectivity index (χ2v) is 9.18. The van der Waals surface area contributed by atoms with E-state index in [2.05, 4.69) is 17.5 Å². The van der Waals surface area contributed by atoms with Gasteiger partial charge in [0.2, 0.25) is 0 Å². The molecule has 3 aromatic carbocycles. The van der Waals surface area contributed by atoms with E-state index < -0.39 is 10.1 Å². The number of nitrogens with zero attached hydrogens (tertiary/aromatic N) is 1. The van der Waals surface area contributed by atoms with Crippen LogP contribution >= 0.6 is 11.3 Å². The van der Waals surface area contributed by atoms with Gasteiger partial charge in [-0.05, 0) is 53.6 Å². The summed E-state index contributed by atoms with van der Waals surface area (Å²) in [4.78, 5) is 0.830. The normalized spacial score (nSPS) is 11.3. The lowest BCUT2D eigenvalue weighted by molar-refractivity contribution is 0.483. The highest BCUT2D eigenvalue weighted by Gasteiger charge is 2.18. The minimum atomic E-state index is -4.24. The lowest BCUT2D eigenvalue weighted by Crippen LogP contribution is -1.98. The Kier molecular flexibility index (Phi) is 4.84. The van der Waals surface area contributed by atoms with E-state index >= 15 is 0 Å². The van der Waals surface area contributed by atoms with E-state index in [1.807, 2.05) is 43.3 Å². The van der Waals surface area contributed by atoms with Gasteiger partial charge in [-0.25, -0.2) is 0 Å². The highest BCUT2D eigenvalue weighted by Crippen LogP contribution is 2.41. The molecule has 0 aliphatic rings. The molecule has 0 amide bonds. The van der Waals surface area contributed by atoms with Crippen LogP contribution in [0.25, 0.3) is 21.9 Å². The van der Waals surface area contributed by atoms with Crippen LogP contribution in [0, 0.1) is 18.3 Å². The third-order valence-electron chi connectivity index (χ3n) is 4.64. The molecule has 5 nitrogen and oxygen atoms in total. The second kappa shape index (κ2) is 7.33. The number of fused-ring (bicyclic) bond motifs is 1. The van der Waals surface area contributed by atoms with E-state index in [4.69, 9.17) is 4.55 Å². The summed E-state index contributed by atoms with van der Waals surface area (Å²) in [7, 11) is -4.24. The van der Waals surface area contributed by atoms with Crippen molar-refractivity contribution in [1.82, 2.24) is 0 Å².